The fourth-order valence-corrected chi connectivity index (χ4v) is 1.16. The van der Waals surface area contributed by atoms with Gasteiger partial charge in [0.1, 0.15) is 0 Å². The Morgan fingerprint density at radius 1 is 1.27 bits per heavy atom. The van der Waals surface area contributed by atoms with E-state index in [1.807, 2.05) is 18.2 Å². The summed E-state index contributed by atoms with van der Waals surface area (Å²) in [5, 5.41) is 3.27. The van der Waals surface area contributed by atoms with Crippen molar-refractivity contribution in [2.45, 2.75) is 6.92 Å². The molecule has 0 bridgehead atoms. The number of allylic oxidation sites excluding steroid dienone is 5. The molecule has 54 valence electrons. The van der Waals surface area contributed by atoms with Gasteiger partial charge < -0.3 is 5.32 Å². The molecule has 0 atom stereocenters. The van der Waals surface area contributed by atoms with Gasteiger partial charge in [0.05, 0.1) is 0 Å². The Kier molecular flexibility index (Phi) is 1.31. The van der Waals surface area contributed by atoms with Crippen molar-refractivity contribution in [2.75, 3.05) is 0 Å². The van der Waals surface area contributed by atoms with E-state index in [1.54, 1.807) is 0 Å². The standard InChI is InChI=1S/C10H9N/c1-8-6-7-9-4-2-3-5-10(9)11-8/h3-7,11H,1H3. The van der Waals surface area contributed by atoms with Gasteiger partial charge in [-0.05, 0) is 31.2 Å². The predicted octanol–water partition coefficient (Wildman–Crippen LogP) is 2.03. The molecule has 1 heteroatoms. The molecule has 0 spiro atoms. The maximum atomic E-state index is 3.27. The molecule has 2 aliphatic rings. The Hall–Kier alpha value is -1.46. The molecule has 0 unspecified atom stereocenters. The van der Waals surface area contributed by atoms with Crippen LogP contribution in [0, 0.1) is 0 Å². The van der Waals surface area contributed by atoms with Crippen molar-refractivity contribution < 1.29 is 0 Å². The van der Waals surface area contributed by atoms with E-state index in [0.29, 0.717) is 0 Å². The lowest BCUT2D eigenvalue weighted by molar-refractivity contribution is 0.969. The minimum absolute atomic E-state index is 1.17. The summed E-state index contributed by atoms with van der Waals surface area (Å²) in [6.45, 7) is 2.05. The maximum absolute atomic E-state index is 3.27. The third kappa shape index (κ3) is 1.06. The van der Waals surface area contributed by atoms with Gasteiger partial charge in [0.2, 0.25) is 0 Å². The monoisotopic (exact) mass is 143 g/mol. The molecule has 0 amide bonds. The minimum Gasteiger partial charge on any atom is -0.359 e. The molecule has 0 fully saturated rings. The molecular weight excluding hydrogens is 134 g/mol. The van der Waals surface area contributed by atoms with Crippen LogP contribution in [0.3, 0.4) is 0 Å². The summed E-state index contributed by atoms with van der Waals surface area (Å²) in [5.41, 5.74) is 6.60. The van der Waals surface area contributed by atoms with Crippen LogP contribution >= 0.6 is 0 Å². The van der Waals surface area contributed by atoms with E-state index < -0.39 is 0 Å². The summed E-state index contributed by atoms with van der Waals surface area (Å²) in [6.07, 6.45) is 10.1. The molecule has 0 aromatic carbocycles. The smallest absolute Gasteiger partial charge is 0.0467 e. The largest absolute Gasteiger partial charge is 0.359 e. The average molecular weight is 143 g/mol. The van der Waals surface area contributed by atoms with Crippen molar-refractivity contribution in [3.8, 4) is 0 Å². The zero-order valence-corrected chi connectivity index (χ0v) is 6.39. The van der Waals surface area contributed by atoms with Crippen molar-refractivity contribution in [3.05, 3.63) is 53.1 Å². The van der Waals surface area contributed by atoms with Crippen LogP contribution in [0.15, 0.2) is 53.1 Å². The van der Waals surface area contributed by atoms with Gasteiger partial charge >= 0.3 is 0 Å². The van der Waals surface area contributed by atoms with Gasteiger partial charge in [-0.2, -0.15) is 0 Å². The summed E-state index contributed by atoms with van der Waals surface area (Å²) >= 11 is 0. The molecule has 1 N–H and O–H groups in total. The zero-order valence-electron chi connectivity index (χ0n) is 6.39. The summed E-state index contributed by atoms with van der Waals surface area (Å²) < 4.78 is 0. The summed E-state index contributed by atoms with van der Waals surface area (Å²) in [4.78, 5) is 0. The number of hydrogen-bond donors (Lipinski definition) is 1. The van der Waals surface area contributed by atoms with E-state index in [9.17, 15) is 0 Å². The van der Waals surface area contributed by atoms with Gasteiger partial charge in [-0.25, -0.2) is 0 Å². The molecule has 0 saturated heterocycles. The molecular formula is C10H9N. The van der Waals surface area contributed by atoms with Crippen LogP contribution in [-0.2, 0) is 0 Å². The molecule has 0 saturated carbocycles. The summed E-state index contributed by atoms with van der Waals surface area (Å²) in [7, 11) is 0. The topological polar surface area (TPSA) is 12.0 Å². The molecule has 1 aliphatic heterocycles. The lowest BCUT2D eigenvalue weighted by Gasteiger charge is -2.16. The van der Waals surface area contributed by atoms with Crippen LogP contribution in [0.2, 0.25) is 0 Å². The number of hydrogen-bond acceptors (Lipinski definition) is 1. The van der Waals surface area contributed by atoms with Crippen LogP contribution in [0.1, 0.15) is 6.92 Å². The average Bonchev–Trinajstić information content (AvgIpc) is 2.04. The quantitative estimate of drug-likeness (QED) is 0.511. The Labute approximate surface area is 66.1 Å². The van der Waals surface area contributed by atoms with E-state index >= 15 is 0 Å². The summed E-state index contributed by atoms with van der Waals surface area (Å²) in [6, 6.07) is 0. The Morgan fingerprint density at radius 3 is 3.09 bits per heavy atom. The van der Waals surface area contributed by atoms with Crippen LogP contribution in [0.4, 0.5) is 0 Å². The van der Waals surface area contributed by atoms with Crippen molar-refractivity contribution in [3.63, 3.8) is 0 Å². The van der Waals surface area contributed by atoms with E-state index in [-0.39, 0.29) is 0 Å². The van der Waals surface area contributed by atoms with Crippen LogP contribution in [-0.4, -0.2) is 0 Å². The molecule has 2 rings (SSSR count). The van der Waals surface area contributed by atoms with Gasteiger partial charge in [-0.3, -0.25) is 0 Å². The minimum atomic E-state index is 1.17. The Balaban J connectivity index is 2.47. The van der Waals surface area contributed by atoms with Gasteiger partial charge in [0.15, 0.2) is 0 Å². The third-order valence-electron chi connectivity index (χ3n) is 1.74. The molecule has 11 heavy (non-hydrogen) atoms. The van der Waals surface area contributed by atoms with Crippen molar-refractivity contribution in [2.24, 2.45) is 0 Å². The maximum Gasteiger partial charge on any atom is 0.0467 e. The van der Waals surface area contributed by atoms with Crippen molar-refractivity contribution >= 4 is 0 Å². The van der Waals surface area contributed by atoms with Gasteiger partial charge in [0.25, 0.3) is 0 Å². The van der Waals surface area contributed by atoms with E-state index in [1.165, 1.54) is 17.0 Å². The highest BCUT2D eigenvalue weighted by Crippen LogP contribution is 2.17. The normalized spacial score (nSPS) is 19.5. The number of dihydropyridines is 1. The molecule has 0 radical (unpaired) electrons. The summed E-state index contributed by atoms with van der Waals surface area (Å²) in [5.74, 6) is 0. The highest BCUT2D eigenvalue weighted by molar-refractivity contribution is 5.49. The second-order valence-electron chi connectivity index (χ2n) is 2.65. The second-order valence-corrected chi connectivity index (χ2v) is 2.65. The fraction of sp³-hybridized carbons (Fsp3) is 0.100. The van der Waals surface area contributed by atoms with E-state index in [4.69, 9.17) is 0 Å². The third-order valence-corrected chi connectivity index (χ3v) is 1.74. The van der Waals surface area contributed by atoms with E-state index in [0.717, 1.165) is 0 Å². The van der Waals surface area contributed by atoms with Crippen LogP contribution < -0.4 is 5.32 Å². The van der Waals surface area contributed by atoms with Gasteiger partial charge in [0, 0.05) is 17.0 Å². The first kappa shape index (κ1) is 6.26. The Morgan fingerprint density at radius 2 is 2.18 bits per heavy atom. The number of rotatable bonds is 0. The number of fused-ring (bicyclic) bond motifs is 1. The Bertz CT molecular complexity index is 334. The molecule has 0 aromatic rings. The zero-order chi connectivity index (χ0) is 7.68. The molecule has 1 nitrogen and oxygen atoms in total. The predicted molar refractivity (Wildman–Crippen MR) is 45.7 cm³/mol. The van der Waals surface area contributed by atoms with Gasteiger partial charge in [-0.1, -0.05) is 6.08 Å². The first-order valence-electron chi connectivity index (χ1n) is 3.65. The number of nitrogens with one attached hydrogen (secondary N) is 1. The van der Waals surface area contributed by atoms with Crippen LogP contribution in [0.5, 0.6) is 0 Å². The van der Waals surface area contributed by atoms with Crippen molar-refractivity contribution in [1.29, 1.82) is 0 Å². The lowest BCUT2D eigenvalue weighted by Crippen LogP contribution is -2.15. The SMILES string of the molecule is CC1=CC=C2C=C=CC=C2N1. The highest BCUT2D eigenvalue weighted by Gasteiger charge is 2.06. The fourth-order valence-electron chi connectivity index (χ4n) is 1.16. The highest BCUT2D eigenvalue weighted by atomic mass is 14.9. The van der Waals surface area contributed by atoms with Gasteiger partial charge in [-0.15, -0.1) is 5.73 Å². The molecule has 1 heterocycles. The lowest BCUT2D eigenvalue weighted by atomic mass is 10.1. The van der Waals surface area contributed by atoms with Crippen molar-refractivity contribution in [1.82, 2.24) is 5.32 Å². The first-order valence-corrected chi connectivity index (χ1v) is 3.65. The molecule has 1 aliphatic carbocycles. The van der Waals surface area contributed by atoms with E-state index in [2.05, 4.69) is 30.1 Å². The van der Waals surface area contributed by atoms with Crippen LogP contribution in [0.25, 0.3) is 0 Å². The second kappa shape index (κ2) is 2.30. The molecule has 0 aromatic heterocycles. The first-order chi connectivity index (χ1) is 5.36.